The average molecular weight is 233 g/mol. The van der Waals surface area contributed by atoms with Crippen LogP contribution < -0.4 is 5.32 Å². The summed E-state index contributed by atoms with van der Waals surface area (Å²) in [7, 11) is 1.40. The Morgan fingerprint density at radius 1 is 1.29 bits per heavy atom. The fraction of sp³-hybridized carbons (Fsp3) is 0.500. The summed E-state index contributed by atoms with van der Waals surface area (Å²) in [5.41, 5.74) is 1.67. The van der Waals surface area contributed by atoms with Gasteiger partial charge < -0.3 is 10.1 Å². The van der Waals surface area contributed by atoms with Crippen LogP contribution in [-0.2, 0) is 4.74 Å². The van der Waals surface area contributed by atoms with Gasteiger partial charge in [0.05, 0.1) is 12.7 Å². The molecule has 0 saturated heterocycles. The number of anilines is 1. The summed E-state index contributed by atoms with van der Waals surface area (Å²) < 4.78 is 4.67. The van der Waals surface area contributed by atoms with Crippen LogP contribution in [0.4, 0.5) is 5.69 Å². The highest BCUT2D eigenvalue weighted by molar-refractivity contribution is 5.89. The molecule has 1 fully saturated rings. The maximum atomic E-state index is 11.3. The maximum absolute atomic E-state index is 11.3. The second kappa shape index (κ2) is 5.21. The van der Waals surface area contributed by atoms with E-state index in [0.717, 1.165) is 11.6 Å². The first-order valence-electron chi connectivity index (χ1n) is 6.15. The molecule has 0 amide bonds. The van der Waals surface area contributed by atoms with E-state index in [0.29, 0.717) is 11.6 Å². The van der Waals surface area contributed by atoms with Gasteiger partial charge in [-0.2, -0.15) is 0 Å². The van der Waals surface area contributed by atoms with Crippen molar-refractivity contribution in [2.75, 3.05) is 12.4 Å². The molecule has 17 heavy (non-hydrogen) atoms. The van der Waals surface area contributed by atoms with Gasteiger partial charge in [0.25, 0.3) is 0 Å². The number of hydrogen-bond acceptors (Lipinski definition) is 3. The van der Waals surface area contributed by atoms with E-state index in [9.17, 15) is 4.79 Å². The number of carbonyl (C=O) groups is 1. The Labute approximate surface area is 102 Å². The Morgan fingerprint density at radius 3 is 2.53 bits per heavy atom. The fourth-order valence-electron chi connectivity index (χ4n) is 2.39. The normalized spacial score (nSPS) is 23.4. The number of esters is 1. The van der Waals surface area contributed by atoms with Crippen LogP contribution >= 0.6 is 0 Å². The Kier molecular flexibility index (Phi) is 3.67. The van der Waals surface area contributed by atoms with E-state index in [-0.39, 0.29) is 5.97 Å². The SMILES string of the molecule is COC(=O)c1ccc(NC2CCCC2C)cc1. The van der Waals surface area contributed by atoms with Crippen LogP contribution in [0.5, 0.6) is 0 Å². The van der Waals surface area contributed by atoms with Crippen molar-refractivity contribution in [3.8, 4) is 0 Å². The summed E-state index contributed by atoms with van der Waals surface area (Å²) >= 11 is 0. The molecule has 1 saturated carbocycles. The molecule has 1 aliphatic rings. The lowest BCUT2D eigenvalue weighted by Gasteiger charge is -2.18. The first-order valence-corrected chi connectivity index (χ1v) is 6.15. The molecule has 3 heteroatoms. The van der Waals surface area contributed by atoms with Gasteiger partial charge >= 0.3 is 5.97 Å². The third kappa shape index (κ3) is 2.78. The number of nitrogens with one attached hydrogen (secondary N) is 1. The van der Waals surface area contributed by atoms with E-state index in [1.54, 1.807) is 12.1 Å². The zero-order valence-corrected chi connectivity index (χ0v) is 10.4. The predicted molar refractivity (Wildman–Crippen MR) is 68.2 cm³/mol. The van der Waals surface area contributed by atoms with Crippen molar-refractivity contribution in [1.29, 1.82) is 0 Å². The second-order valence-electron chi connectivity index (χ2n) is 4.73. The van der Waals surface area contributed by atoms with Gasteiger partial charge in [0, 0.05) is 11.7 Å². The van der Waals surface area contributed by atoms with Crippen molar-refractivity contribution in [3.63, 3.8) is 0 Å². The summed E-state index contributed by atoms with van der Waals surface area (Å²) in [6.45, 7) is 2.29. The number of carbonyl (C=O) groups excluding carboxylic acids is 1. The topological polar surface area (TPSA) is 38.3 Å². The van der Waals surface area contributed by atoms with Crippen molar-refractivity contribution in [2.45, 2.75) is 32.2 Å². The van der Waals surface area contributed by atoms with Gasteiger partial charge in [-0.05, 0) is 43.0 Å². The number of hydrogen-bond donors (Lipinski definition) is 1. The molecule has 0 radical (unpaired) electrons. The highest BCUT2D eigenvalue weighted by Gasteiger charge is 2.22. The molecule has 0 aliphatic heterocycles. The summed E-state index contributed by atoms with van der Waals surface area (Å²) in [5, 5.41) is 3.52. The second-order valence-corrected chi connectivity index (χ2v) is 4.73. The van der Waals surface area contributed by atoms with E-state index >= 15 is 0 Å². The third-order valence-corrected chi connectivity index (χ3v) is 3.52. The largest absolute Gasteiger partial charge is 0.465 e. The highest BCUT2D eigenvalue weighted by Crippen LogP contribution is 2.27. The Morgan fingerprint density at radius 2 is 2.00 bits per heavy atom. The smallest absolute Gasteiger partial charge is 0.337 e. The molecule has 0 heterocycles. The molecule has 2 atom stereocenters. The molecule has 2 rings (SSSR count). The van der Waals surface area contributed by atoms with Crippen LogP contribution in [0, 0.1) is 5.92 Å². The third-order valence-electron chi connectivity index (χ3n) is 3.52. The molecule has 0 aromatic heterocycles. The van der Waals surface area contributed by atoms with Gasteiger partial charge in [0.1, 0.15) is 0 Å². The van der Waals surface area contributed by atoms with Crippen LogP contribution in [0.15, 0.2) is 24.3 Å². The molecule has 1 aliphatic carbocycles. The highest BCUT2D eigenvalue weighted by atomic mass is 16.5. The van der Waals surface area contributed by atoms with Crippen molar-refractivity contribution in [1.82, 2.24) is 0 Å². The van der Waals surface area contributed by atoms with E-state index in [1.807, 2.05) is 12.1 Å². The molecular formula is C14H19NO2. The number of methoxy groups -OCH3 is 1. The molecule has 3 nitrogen and oxygen atoms in total. The lowest BCUT2D eigenvalue weighted by Crippen LogP contribution is -2.21. The van der Waals surface area contributed by atoms with Crippen molar-refractivity contribution < 1.29 is 9.53 Å². The van der Waals surface area contributed by atoms with E-state index in [1.165, 1.54) is 26.4 Å². The summed E-state index contributed by atoms with van der Waals surface area (Å²) in [5.74, 6) is 0.445. The van der Waals surface area contributed by atoms with Crippen LogP contribution in [0.1, 0.15) is 36.5 Å². The van der Waals surface area contributed by atoms with Gasteiger partial charge in [0.2, 0.25) is 0 Å². The van der Waals surface area contributed by atoms with Crippen molar-refractivity contribution >= 4 is 11.7 Å². The Bertz CT molecular complexity index is 386. The van der Waals surface area contributed by atoms with Crippen LogP contribution in [0.25, 0.3) is 0 Å². The zero-order chi connectivity index (χ0) is 12.3. The summed E-state index contributed by atoms with van der Waals surface area (Å²) in [6.07, 6.45) is 3.84. The zero-order valence-electron chi connectivity index (χ0n) is 10.4. The lowest BCUT2D eigenvalue weighted by atomic mass is 10.1. The van der Waals surface area contributed by atoms with Gasteiger partial charge in [0.15, 0.2) is 0 Å². The number of rotatable bonds is 3. The predicted octanol–water partition coefficient (Wildman–Crippen LogP) is 3.07. The minimum atomic E-state index is -0.286. The fourth-order valence-corrected chi connectivity index (χ4v) is 2.39. The van der Waals surface area contributed by atoms with E-state index in [2.05, 4.69) is 17.0 Å². The van der Waals surface area contributed by atoms with Crippen molar-refractivity contribution in [2.24, 2.45) is 5.92 Å². The Hall–Kier alpha value is -1.51. The molecule has 92 valence electrons. The average Bonchev–Trinajstić information content (AvgIpc) is 2.75. The van der Waals surface area contributed by atoms with Crippen LogP contribution in [0.2, 0.25) is 0 Å². The molecule has 2 unspecified atom stereocenters. The van der Waals surface area contributed by atoms with Gasteiger partial charge in [-0.1, -0.05) is 13.3 Å². The quantitative estimate of drug-likeness (QED) is 0.815. The summed E-state index contributed by atoms with van der Waals surface area (Å²) in [4.78, 5) is 11.3. The minimum Gasteiger partial charge on any atom is -0.465 e. The lowest BCUT2D eigenvalue weighted by molar-refractivity contribution is 0.0601. The van der Waals surface area contributed by atoms with E-state index in [4.69, 9.17) is 0 Å². The Balaban J connectivity index is 2.00. The first-order chi connectivity index (χ1) is 8.20. The van der Waals surface area contributed by atoms with Gasteiger partial charge in [-0.25, -0.2) is 4.79 Å². The van der Waals surface area contributed by atoms with Crippen LogP contribution in [-0.4, -0.2) is 19.1 Å². The minimum absolute atomic E-state index is 0.286. The van der Waals surface area contributed by atoms with Crippen molar-refractivity contribution in [3.05, 3.63) is 29.8 Å². The monoisotopic (exact) mass is 233 g/mol. The standard InChI is InChI=1S/C14H19NO2/c1-10-4-3-5-13(10)15-12-8-6-11(7-9-12)14(16)17-2/h6-10,13,15H,3-5H2,1-2H3. The number of benzene rings is 1. The maximum Gasteiger partial charge on any atom is 0.337 e. The molecule has 1 aromatic rings. The molecule has 0 spiro atoms. The van der Waals surface area contributed by atoms with E-state index < -0.39 is 0 Å². The van der Waals surface area contributed by atoms with Gasteiger partial charge in [-0.3, -0.25) is 0 Å². The first kappa shape index (κ1) is 12.0. The number of ether oxygens (including phenoxy) is 1. The van der Waals surface area contributed by atoms with Crippen LogP contribution in [0.3, 0.4) is 0 Å². The molecule has 0 bridgehead atoms. The molecule has 1 N–H and O–H groups in total. The molecule has 1 aromatic carbocycles. The molecular weight excluding hydrogens is 214 g/mol. The van der Waals surface area contributed by atoms with Gasteiger partial charge in [-0.15, -0.1) is 0 Å². The summed E-state index contributed by atoms with van der Waals surface area (Å²) in [6, 6.07) is 8.05.